The summed E-state index contributed by atoms with van der Waals surface area (Å²) in [5, 5.41) is 3.31. The quantitative estimate of drug-likeness (QED) is 0.649. The fourth-order valence-electron chi connectivity index (χ4n) is 3.85. The average molecular weight is 402 g/mol. The Morgan fingerprint density at radius 2 is 1.70 bits per heavy atom. The van der Waals surface area contributed by atoms with Gasteiger partial charge in [-0.25, -0.2) is 0 Å². The van der Waals surface area contributed by atoms with E-state index in [-0.39, 0.29) is 0 Å². The second kappa shape index (κ2) is 8.37. The van der Waals surface area contributed by atoms with Gasteiger partial charge in [-0.05, 0) is 48.9 Å². The molecule has 1 saturated heterocycles. The minimum atomic E-state index is -0.461. The van der Waals surface area contributed by atoms with Gasteiger partial charge in [0.2, 0.25) is 5.91 Å². The van der Waals surface area contributed by atoms with Gasteiger partial charge in [-0.1, -0.05) is 24.8 Å². The third kappa shape index (κ3) is 4.03. The number of benzene rings is 2. The molecule has 2 heterocycles. The maximum absolute atomic E-state index is 11.7. The Morgan fingerprint density at radius 3 is 2.33 bits per heavy atom. The van der Waals surface area contributed by atoms with Crippen LogP contribution in [0.3, 0.4) is 0 Å². The molecule has 2 aromatic carbocycles. The van der Waals surface area contributed by atoms with Gasteiger partial charge >= 0.3 is 0 Å². The Bertz CT molecular complexity index is 1050. The molecule has 3 N–H and O–H groups in total. The van der Waals surface area contributed by atoms with Gasteiger partial charge in [0.1, 0.15) is 5.76 Å². The highest BCUT2D eigenvalue weighted by Gasteiger charge is 2.21. The Balaban J connectivity index is 1.55. The van der Waals surface area contributed by atoms with E-state index in [1.807, 2.05) is 18.2 Å². The van der Waals surface area contributed by atoms with E-state index in [1.54, 1.807) is 18.4 Å². The molecule has 6 nitrogen and oxygen atoms in total. The molecule has 1 amide bonds. The molecule has 0 saturated carbocycles. The van der Waals surface area contributed by atoms with Crippen molar-refractivity contribution in [2.45, 2.75) is 6.92 Å². The highest BCUT2D eigenvalue weighted by molar-refractivity contribution is 5.96. The lowest BCUT2D eigenvalue weighted by molar-refractivity contribution is 0.100. The Morgan fingerprint density at radius 1 is 1.00 bits per heavy atom. The van der Waals surface area contributed by atoms with Gasteiger partial charge in [-0.2, -0.15) is 0 Å². The highest BCUT2D eigenvalue weighted by atomic mass is 16.3. The largest absolute Gasteiger partial charge is 0.463 e. The number of carbonyl (C=O) groups excluding carboxylic acids is 1. The van der Waals surface area contributed by atoms with Crippen molar-refractivity contribution in [3.8, 4) is 0 Å². The molecule has 4 rings (SSSR count). The third-order valence-corrected chi connectivity index (χ3v) is 5.46. The molecule has 3 aromatic rings. The molecule has 0 radical (unpaired) electrons. The van der Waals surface area contributed by atoms with Crippen LogP contribution in [0.4, 0.5) is 17.1 Å². The summed E-state index contributed by atoms with van der Waals surface area (Å²) < 4.78 is 5.43. The number of amides is 1. The summed E-state index contributed by atoms with van der Waals surface area (Å²) in [6, 6.07) is 17.6. The molecule has 1 aliphatic rings. The highest BCUT2D eigenvalue weighted by Crippen LogP contribution is 2.32. The summed E-state index contributed by atoms with van der Waals surface area (Å²) in [7, 11) is 0. The van der Waals surface area contributed by atoms with Crippen LogP contribution in [-0.4, -0.2) is 32.1 Å². The van der Waals surface area contributed by atoms with Gasteiger partial charge in [-0.15, -0.1) is 0 Å². The van der Waals surface area contributed by atoms with Crippen molar-refractivity contribution in [1.29, 1.82) is 0 Å². The Hall–Kier alpha value is -3.67. The first-order chi connectivity index (χ1) is 14.5. The maximum atomic E-state index is 11.7. The summed E-state index contributed by atoms with van der Waals surface area (Å²) in [4.78, 5) is 16.5. The fourth-order valence-corrected chi connectivity index (χ4v) is 3.85. The van der Waals surface area contributed by atoms with Crippen LogP contribution in [0.5, 0.6) is 0 Å². The standard InChI is InChI=1S/C24H26N4O2/c1-17-6-3-4-7-21(17)27-11-13-28(14-12-27)22-10-9-19(24(25)29)16-20(22)26-18(2)23-8-5-15-30-23/h3-10,15-16,26H,2,11-14H2,1H3,(H2,25,29). The van der Waals surface area contributed by atoms with Crippen molar-refractivity contribution in [2.75, 3.05) is 41.3 Å². The second-order valence-corrected chi connectivity index (χ2v) is 7.44. The van der Waals surface area contributed by atoms with Crippen LogP contribution < -0.4 is 20.9 Å². The lowest BCUT2D eigenvalue weighted by Crippen LogP contribution is -2.47. The van der Waals surface area contributed by atoms with E-state index >= 15 is 0 Å². The van der Waals surface area contributed by atoms with Crippen LogP contribution in [0.2, 0.25) is 0 Å². The van der Waals surface area contributed by atoms with Crippen molar-refractivity contribution in [3.63, 3.8) is 0 Å². The molecule has 6 heteroatoms. The third-order valence-electron chi connectivity index (χ3n) is 5.46. The molecule has 1 fully saturated rings. The number of furan rings is 1. The van der Waals surface area contributed by atoms with Gasteiger partial charge < -0.3 is 25.3 Å². The van der Waals surface area contributed by atoms with Gasteiger partial charge in [-0.3, -0.25) is 4.79 Å². The summed E-state index contributed by atoms with van der Waals surface area (Å²) in [6.07, 6.45) is 1.60. The SMILES string of the molecule is C=C(Nc1cc(C(N)=O)ccc1N1CCN(c2ccccc2C)CC1)c1ccco1. The number of nitrogens with zero attached hydrogens (tertiary/aromatic N) is 2. The van der Waals surface area contributed by atoms with E-state index in [2.05, 4.69) is 52.9 Å². The molecule has 0 atom stereocenters. The number of nitrogens with two attached hydrogens (primary N) is 1. The number of aryl methyl sites for hydroxylation is 1. The first-order valence-electron chi connectivity index (χ1n) is 10.0. The fraction of sp³-hybridized carbons (Fsp3) is 0.208. The molecule has 0 unspecified atom stereocenters. The second-order valence-electron chi connectivity index (χ2n) is 7.44. The van der Waals surface area contributed by atoms with E-state index in [9.17, 15) is 4.79 Å². The number of para-hydroxylation sites is 1. The Labute approximate surface area is 176 Å². The summed E-state index contributed by atoms with van der Waals surface area (Å²) in [5.41, 5.74) is 11.0. The van der Waals surface area contributed by atoms with Gasteiger partial charge in [0.25, 0.3) is 0 Å². The first kappa shape index (κ1) is 19.6. The number of rotatable bonds is 6. The number of primary amides is 1. The van der Waals surface area contributed by atoms with Gasteiger partial charge in [0.05, 0.1) is 23.3 Å². The zero-order chi connectivity index (χ0) is 21.1. The monoisotopic (exact) mass is 402 g/mol. The van der Waals surface area contributed by atoms with Crippen molar-refractivity contribution in [1.82, 2.24) is 0 Å². The van der Waals surface area contributed by atoms with E-state index in [0.717, 1.165) is 37.6 Å². The van der Waals surface area contributed by atoms with Crippen LogP contribution >= 0.6 is 0 Å². The molecule has 0 bridgehead atoms. The number of hydrogen-bond donors (Lipinski definition) is 2. The zero-order valence-corrected chi connectivity index (χ0v) is 17.1. The normalized spacial score (nSPS) is 13.9. The predicted octanol–water partition coefficient (Wildman–Crippen LogP) is 4.10. The number of nitrogens with one attached hydrogen (secondary N) is 1. The average Bonchev–Trinajstić information content (AvgIpc) is 3.29. The van der Waals surface area contributed by atoms with E-state index in [1.165, 1.54) is 11.3 Å². The molecule has 1 aromatic heterocycles. The lowest BCUT2D eigenvalue weighted by Gasteiger charge is -2.38. The van der Waals surface area contributed by atoms with E-state index in [4.69, 9.17) is 10.2 Å². The summed E-state index contributed by atoms with van der Waals surface area (Å²) >= 11 is 0. The molecule has 0 spiro atoms. The summed E-state index contributed by atoms with van der Waals surface area (Å²) in [6.45, 7) is 9.78. The van der Waals surface area contributed by atoms with E-state index in [0.29, 0.717) is 17.0 Å². The van der Waals surface area contributed by atoms with Crippen molar-refractivity contribution < 1.29 is 9.21 Å². The van der Waals surface area contributed by atoms with Crippen LogP contribution in [0.25, 0.3) is 5.70 Å². The molecular weight excluding hydrogens is 376 g/mol. The first-order valence-corrected chi connectivity index (χ1v) is 10.0. The van der Waals surface area contributed by atoms with Crippen LogP contribution in [0.15, 0.2) is 71.9 Å². The molecular formula is C24H26N4O2. The minimum Gasteiger partial charge on any atom is -0.463 e. The van der Waals surface area contributed by atoms with E-state index < -0.39 is 5.91 Å². The molecule has 1 aliphatic heterocycles. The minimum absolute atomic E-state index is 0.451. The number of carbonyl (C=O) groups is 1. The van der Waals surface area contributed by atoms with Gasteiger partial charge in [0.15, 0.2) is 0 Å². The van der Waals surface area contributed by atoms with Gasteiger partial charge in [0, 0.05) is 37.4 Å². The predicted molar refractivity (Wildman–Crippen MR) is 122 cm³/mol. The van der Waals surface area contributed by atoms with Crippen molar-refractivity contribution in [2.24, 2.45) is 5.73 Å². The van der Waals surface area contributed by atoms with Crippen molar-refractivity contribution >= 4 is 28.7 Å². The van der Waals surface area contributed by atoms with Crippen LogP contribution in [0.1, 0.15) is 21.7 Å². The van der Waals surface area contributed by atoms with Crippen LogP contribution in [0, 0.1) is 6.92 Å². The number of hydrogen-bond acceptors (Lipinski definition) is 5. The lowest BCUT2D eigenvalue weighted by atomic mass is 10.1. The zero-order valence-electron chi connectivity index (χ0n) is 17.1. The molecule has 154 valence electrons. The van der Waals surface area contributed by atoms with Crippen molar-refractivity contribution in [3.05, 3.63) is 84.3 Å². The maximum Gasteiger partial charge on any atom is 0.248 e. The molecule has 0 aliphatic carbocycles. The summed E-state index contributed by atoms with van der Waals surface area (Å²) in [5.74, 6) is 0.187. The molecule has 30 heavy (non-hydrogen) atoms. The smallest absolute Gasteiger partial charge is 0.248 e. The van der Waals surface area contributed by atoms with Crippen LogP contribution in [-0.2, 0) is 0 Å². The number of piperazine rings is 1. The number of anilines is 3. The Kier molecular flexibility index (Phi) is 5.48. The topological polar surface area (TPSA) is 74.7 Å².